The molecule has 37 heavy (non-hydrogen) atoms. The second kappa shape index (κ2) is 10.3. The van der Waals surface area contributed by atoms with Crippen LogP contribution in [0.3, 0.4) is 0 Å². The summed E-state index contributed by atoms with van der Waals surface area (Å²) in [5.41, 5.74) is 3.73. The molecule has 2 amide bonds. The van der Waals surface area contributed by atoms with Crippen LogP contribution in [0, 0.1) is 0 Å². The fourth-order valence-corrected chi connectivity index (χ4v) is 5.83. The summed E-state index contributed by atoms with van der Waals surface area (Å²) in [5, 5.41) is 5.58. The maximum atomic E-state index is 13.3. The number of nitrogens with one attached hydrogen (secondary N) is 2. The van der Waals surface area contributed by atoms with Crippen LogP contribution < -0.4 is 14.9 Å². The standard InChI is InChI=1S/C29H25N3O4S/c33-28(22-8-2-1-3-9-22)30-24-14-12-23(13-15-24)29(34)31-25-16-18-26(19-17-25)37(35,36)32-20-6-10-21-7-4-5-11-27(21)32/h1-5,7-9,11-19H,6,10,20H2,(H,30,33)(H,31,34). The van der Waals surface area contributed by atoms with E-state index in [2.05, 4.69) is 10.6 Å². The number of nitrogens with zero attached hydrogens (tertiary/aromatic N) is 1. The van der Waals surface area contributed by atoms with E-state index in [0.717, 1.165) is 24.1 Å². The summed E-state index contributed by atoms with van der Waals surface area (Å²) >= 11 is 0. The van der Waals surface area contributed by atoms with Crippen LogP contribution in [0.15, 0.2) is 108 Å². The first-order valence-electron chi connectivity index (χ1n) is 11.9. The molecule has 4 aromatic carbocycles. The summed E-state index contributed by atoms with van der Waals surface area (Å²) in [6.45, 7) is 0.430. The zero-order valence-electron chi connectivity index (χ0n) is 19.9. The van der Waals surface area contributed by atoms with Gasteiger partial charge in [-0.1, -0.05) is 36.4 Å². The van der Waals surface area contributed by atoms with E-state index in [9.17, 15) is 18.0 Å². The van der Waals surface area contributed by atoms with Crippen LogP contribution in [0.2, 0.25) is 0 Å². The van der Waals surface area contributed by atoms with Crippen molar-refractivity contribution in [3.05, 3.63) is 120 Å². The summed E-state index contributed by atoms with van der Waals surface area (Å²) in [4.78, 5) is 25.2. The Balaban J connectivity index is 1.24. The summed E-state index contributed by atoms with van der Waals surface area (Å²) in [6, 6.07) is 29.1. The molecule has 1 aliphatic heterocycles. The number of para-hydroxylation sites is 1. The number of carbonyl (C=O) groups excluding carboxylic acids is 2. The molecule has 0 saturated heterocycles. The molecule has 4 aromatic rings. The van der Waals surface area contributed by atoms with Crippen molar-refractivity contribution in [2.24, 2.45) is 0 Å². The van der Waals surface area contributed by atoms with Crippen LogP contribution >= 0.6 is 0 Å². The average Bonchev–Trinajstić information content (AvgIpc) is 2.94. The van der Waals surface area contributed by atoms with E-state index in [1.165, 1.54) is 16.4 Å². The lowest BCUT2D eigenvalue weighted by Crippen LogP contribution is -2.35. The highest BCUT2D eigenvalue weighted by Crippen LogP contribution is 2.32. The minimum atomic E-state index is -3.72. The lowest BCUT2D eigenvalue weighted by Gasteiger charge is -2.30. The molecule has 1 heterocycles. The van der Waals surface area contributed by atoms with Gasteiger partial charge < -0.3 is 10.6 Å². The third-order valence-corrected chi connectivity index (χ3v) is 8.04. The minimum absolute atomic E-state index is 0.167. The van der Waals surface area contributed by atoms with Crippen molar-refractivity contribution in [2.45, 2.75) is 17.7 Å². The Bertz CT molecular complexity index is 1530. The molecule has 186 valence electrons. The summed E-state index contributed by atoms with van der Waals surface area (Å²) in [7, 11) is -3.72. The SMILES string of the molecule is O=C(Nc1ccc(C(=O)Nc2ccc(S(=O)(=O)N3CCCc4ccccc43)cc2)cc1)c1ccccc1. The van der Waals surface area contributed by atoms with Crippen LogP contribution in [0.5, 0.6) is 0 Å². The molecule has 0 atom stereocenters. The Morgan fingerprint density at radius 2 is 1.19 bits per heavy atom. The molecule has 0 aliphatic carbocycles. The predicted octanol–water partition coefficient (Wildman–Crippen LogP) is 5.33. The molecule has 0 aromatic heterocycles. The van der Waals surface area contributed by atoms with Crippen molar-refractivity contribution in [3.8, 4) is 0 Å². The first kappa shape index (κ1) is 24.3. The van der Waals surface area contributed by atoms with Crippen molar-refractivity contribution in [1.29, 1.82) is 0 Å². The molecule has 0 fully saturated rings. The van der Waals surface area contributed by atoms with E-state index in [1.54, 1.807) is 60.7 Å². The maximum absolute atomic E-state index is 13.3. The van der Waals surface area contributed by atoms with Crippen molar-refractivity contribution in [1.82, 2.24) is 0 Å². The predicted molar refractivity (Wildman–Crippen MR) is 145 cm³/mol. The van der Waals surface area contributed by atoms with Gasteiger partial charge in [-0.2, -0.15) is 0 Å². The Kier molecular flexibility index (Phi) is 6.74. The molecular weight excluding hydrogens is 486 g/mol. The van der Waals surface area contributed by atoms with Gasteiger partial charge in [-0.15, -0.1) is 0 Å². The van der Waals surface area contributed by atoms with Gasteiger partial charge in [0.15, 0.2) is 0 Å². The molecule has 0 saturated carbocycles. The number of aryl methyl sites for hydroxylation is 1. The zero-order valence-corrected chi connectivity index (χ0v) is 20.7. The Hall–Kier alpha value is -4.43. The van der Waals surface area contributed by atoms with Crippen LogP contribution in [-0.2, 0) is 16.4 Å². The van der Waals surface area contributed by atoms with Gasteiger partial charge in [-0.05, 0) is 85.1 Å². The molecule has 0 bridgehead atoms. The molecule has 0 spiro atoms. The number of anilines is 3. The van der Waals surface area contributed by atoms with Gasteiger partial charge in [0.2, 0.25) is 0 Å². The second-order valence-electron chi connectivity index (χ2n) is 8.69. The maximum Gasteiger partial charge on any atom is 0.264 e. The van der Waals surface area contributed by atoms with Gasteiger partial charge in [-0.25, -0.2) is 8.42 Å². The first-order chi connectivity index (χ1) is 17.9. The Morgan fingerprint density at radius 3 is 1.84 bits per heavy atom. The van der Waals surface area contributed by atoms with Gasteiger partial charge in [0.1, 0.15) is 0 Å². The van der Waals surface area contributed by atoms with Gasteiger partial charge in [0, 0.05) is 29.0 Å². The summed E-state index contributed by atoms with van der Waals surface area (Å²) in [5.74, 6) is -0.581. The van der Waals surface area contributed by atoms with Gasteiger partial charge in [-0.3, -0.25) is 13.9 Å². The second-order valence-corrected chi connectivity index (χ2v) is 10.5. The van der Waals surface area contributed by atoms with E-state index in [-0.39, 0.29) is 16.7 Å². The minimum Gasteiger partial charge on any atom is -0.322 e. The molecular formula is C29H25N3O4S. The van der Waals surface area contributed by atoms with Crippen LogP contribution in [-0.4, -0.2) is 26.8 Å². The highest BCUT2D eigenvalue weighted by atomic mass is 32.2. The number of hydrogen-bond donors (Lipinski definition) is 2. The first-order valence-corrected chi connectivity index (χ1v) is 13.3. The topological polar surface area (TPSA) is 95.6 Å². The van der Waals surface area contributed by atoms with Gasteiger partial charge in [0.05, 0.1) is 10.6 Å². The van der Waals surface area contributed by atoms with Gasteiger partial charge >= 0.3 is 0 Å². The lowest BCUT2D eigenvalue weighted by atomic mass is 10.0. The molecule has 5 rings (SSSR count). The number of sulfonamides is 1. The highest BCUT2D eigenvalue weighted by Gasteiger charge is 2.28. The molecule has 8 heteroatoms. The van der Waals surface area contributed by atoms with Crippen molar-refractivity contribution in [2.75, 3.05) is 21.5 Å². The monoisotopic (exact) mass is 511 g/mol. The lowest BCUT2D eigenvalue weighted by molar-refractivity contribution is 0.102. The largest absolute Gasteiger partial charge is 0.322 e. The third kappa shape index (κ3) is 5.24. The molecule has 1 aliphatic rings. The molecule has 0 radical (unpaired) electrons. The highest BCUT2D eigenvalue weighted by molar-refractivity contribution is 7.92. The summed E-state index contributed by atoms with van der Waals surface area (Å²) in [6.07, 6.45) is 1.62. The van der Waals surface area contributed by atoms with E-state index in [4.69, 9.17) is 0 Å². The van der Waals surface area contributed by atoms with Crippen molar-refractivity contribution in [3.63, 3.8) is 0 Å². The number of fused-ring (bicyclic) bond motifs is 1. The smallest absolute Gasteiger partial charge is 0.264 e. The normalized spacial score (nSPS) is 12.9. The van der Waals surface area contributed by atoms with E-state index < -0.39 is 10.0 Å². The summed E-state index contributed by atoms with van der Waals surface area (Å²) < 4.78 is 28.1. The number of rotatable bonds is 6. The molecule has 2 N–H and O–H groups in total. The van der Waals surface area contributed by atoms with Crippen molar-refractivity contribution < 1.29 is 18.0 Å². The number of carbonyl (C=O) groups is 2. The Morgan fingerprint density at radius 1 is 0.649 bits per heavy atom. The van der Waals surface area contributed by atoms with Crippen LogP contribution in [0.25, 0.3) is 0 Å². The molecule has 0 unspecified atom stereocenters. The average molecular weight is 512 g/mol. The molecule has 7 nitrogen and oxygen atoms in total. The fourth-order valence-electron chi connectivity index (χ4n) is 4.29. The zero-order chi connectivity index (χ0) is 25.8. The number of hydrogen-bond acceptors (Lipinski definition) is 4. The quantitative estimate of drug-likeness (QED) is 0.366. The number of benzene rings is 4. The van der Waals surface area contributed by atoms with Crippen LogP contribution in [0.1, 0.15) is 32.7 Å². The Labute approximate surface area is 215 Å². The van der Waals surface area contributed by atoms with Crippen LogP contribution in [0.4, 0.5) is 17.1 Å². The third-order valence-electron chi connectivity index (χ3n) is 6.21. The van der Waals surface area contributed by atoms with Crippen molar-refractivity contribution >= 4 is 38.9 Å². The number of amides is 2. The van der Waals surface area contributed by atoms with Gasteiger partial charge in [0.25, 0.3) is 21.8 Å². The van der Waals surface area contributed by atoms with E-state index in [1.807, 2.05) is 30.3 Å². The van der Waals surface area contributed by atoms with E-state index in [0.29, 0.717) is 29.0 Å². The van der Waals surface area contributed by atoms with E-state index >= 15 is 0 Å². The fraction of sp³-hybridized carbons (Fsp3) is 0.103.